The summed E-state index contributed by atoms with van der Waals surface area (Å²) in [6.45, 7) is 6.36. The highest BCUT2D eigenvalue weighted by molar-refractivity contribution is 7.89. The van der Waals surface area contributed by atoms with Crippen LogP contribution in [-0.4, -0.2) is 64.7 Å². The molecule has 1 fully saturated rings. The maximum Gasteiger partial charge on any atom is 0.243 e. The summed E-state index contributed by atoms with van der Waals surface area (Å²) < 4.78 is 29.8. The van der Waals surface area contributed by atoms with E-state index in [-0.39, 0.29) is 17.3 Å². The lowest BCUT2D eigenvalue weighted by Crippen LogP contribution is -2.35. The van der Waals surface area contributed by atoms with Crippen LogP contribution in [0.1, 0.15) is 37.7 Å². The third-order valence-electron chi connectivity index (χ3n) is 6.05. The van der Waals surface area contributed by atoms with E-state index in [1.807, 2.05) is 44.0 Å². The van der Waals surface area contributed by atoms with Gasteiger partial charge in [-0.15, -0.1) is 0 Å². The number of aromatic nitrogens is 3. The largest absolute Gasteiger partial charge is 0.327 e. The number of pyridine rings is 1. The molecule has 0 saturated carbocycles. The van der Waals surface area contributed by atoms with Crippen molar-refractivity contribution in [3.63, 3.8) is 0 Å². The van der Waals surface area contributed by atoms with Gasteiger partial charge in [-0.2, -0.15) is 4.31 Å². The Hall–Kier alpha value is -2.82. The summed E-state index contributed by atoms with van der Waals surface area (Å²) in [7, 11) is -1.66. The first-order valence-corrected chi connectivity index (χ1v) is 13.1. The maximum atomic E-state index is 13.1. The second kappa shape index (κ2) is 10.2. The van der Waals surface area contributed by atoms with Crippen molar-refractivity contribution in [2.75, 3.05) is 32.0 Å². The summed E-state index contributed by atoms with van der Waals surface area (Å²) >= 11 is 0. The van der Waals surface area contributed by atoms with E-state index >= 15 is 0 Å². The fourth-order valence-corrected chi connectivity index (χ4v) is 5.92. The van der Waals surface area contributed by atoms with Crippen LogP contribution in [0.25, 0.3) is 11.0 Å². The molecule has 0 bridgehead atoms. The van der Waals surface area contributed by atoms with Crippen molar-refractivity contribution < 1.29 is 13.2 Å². The molecule has 2 aromatic heterocycles. The van der Waals surface area contributed by atoms with Crippen LogP contribution >= 0.6 is 0 Å². The third-order valence-corrected chi connectivity index (χ3v) is 7.94. The van der Waals surface area contributed by atoms with E-state index in [4.69, 9.17) is 4.98 Å². The van der Waals surface area contributed by atoms with Gasteiger partial charge in [0, 0.05) is 25.3 Å². The highest BCUT2D eigenvalue weighted by Gasteiger charge is 2.26. The Labute approximate surface area is 200 Å². The highest BCUT2D eigenvalue weighted by atomic mass is 32.2. The normalized spacial score (nSPS) is 15.2. The molecule has 3 heterocycles. The lowest BCUT2D eigenvalue weighted by Gasteiger charge is -2.25. The number of fused-ring (bicyclic) bond motifs is 1. The number of piperidine rings is 1. The zero-order chi connectivity index (χ0) is 24.3. The SMILES string of the molecule is CCn1c(CN(C)CC(=O)Nc2cccc(C)n2)nc2cc(S(=O)(=O)N3CCCCC3)ccc21. The molecule has 4 rings (SSSR count). The number of benzene rings is 1. The number of amides is 1. The number of hydrogen-bond acceptors (Lipinski definition) is 6. The predicted octanol–water partition coefficient (Wildman–Crippen LogP) is 3.00. The van der Waals surface area contributed by atoms with Crippen LogP contribution in [0.3, 0.4) is 0 Å². The molecular weight excluding hydrogens is 452 g/mol. The molecule has 182 valence electrons. The van der Waals surface area contributed by atoms with Gasteiger partial charge in [-0.05, 0) is 64.1 Å². The van der Waals surface area contributed by atoms with Gasteiger partial charge in [0.15, 0.2) is 0 Å². The van der Waals surface area contributed by atoms with Crippen LogP contribution in [0.2, 0.25) is 0 Å². The number of rotatable bonds is 8. The zero-order valence-corrected chi connectivity index (χ0v) is 20.8. The van der Waals surface area contributed by atoms with Gasteiger partial charge in [0.2, 0.25) is 15.9 Å². The van der Waals surface area contributed by atoms with E-state index in [1.54, 1.807) is 22.5 Å². The lowest BCUT2D eigenvalue weighted by molar-refractivity contribution is -0.117. The predicted molar refractivity (Wildman–Crippen MR) is 132 cm³/mol. The van der Waals surface area contributed by atoms with Gasteiger partial charge in [-0.1, -0.05) is 12.5 Å². The number of carbonyl (C=O) groups excluding carboxylic acids is 1. The number of likely N-dealkylation sites (N-methyl/N-ethyl adjacent to an activating group) is 1. The van der Waals surface area contributed by atoms with E-state index in [1.165, 1.54) is 0 Å². The third kappa shape index (κ3) is 5.29. The molecule has 9 nitrogen and oxygen atoms in total. The Balaban J connectivity index is 1.50. The van der Waals surface area contributed by atoms with E-state index in [0.717, 1.165) is 36.3 Å². The van der Waals surface area contributed by atoms with E-state index < -0.39 is 10.0 Å². The Morgan fingerprint density at radius 3 is 2.59 bits per heavy atom. The Morgan fingerprint density at radius 2 is 1.88 bits per heavy atom. The Kier molecular flexibility index (Phi) is 7.30. The molecule has 1 saturated heterocycles. The molecule has 1 aliphatic rings. The number of nitrogens with zero attached hydrogens (tertiary/aromatic N) is 5. The van der Waals surface area contributed by atoms with Gasteiger partial charge in [-0.25, -0.2) is 18.4 Å². The Bertz CT molecular complexity index is 1280. The minimum Gasteiger partial charge on any atom is -0.327 e. The Morgan fingerprint density at radius 1 is 1.12 bits per heavy atom. The molecule has 10 heteroatoms. The number of sulfonamides is 1. The quantitative estimate of drug-likeness (QED) is 0.528. The van der Waals surface area contributed by atoms with Crippen LogP contribution in [0.15, 0.2) is 41.3 Å². The monoisotopic (exact) mass is 484 g/mol. The molecular formula is C24H32N6O3S. The topological polar surface area (TPSA) is 100 Å². The molecule has 3 aromatic rings. The first-order valence-electron chi connectivity index (χ1n) is 11.7. The molecule has 0 spiro atoms. The molecule has 1 aromatic carbocycles. The second-order valence-electron chi connectivity index (χ2n) is 8.77. The number of nitrogens with one attached hydrogen (secondary N) is 1. The first-order chi connectivity index (χ1) is 16.3. The number of hydrogen-bond donors (Lipinski definition) is 1. The van der Waals surface area contributed by atoms with Gasteiger partial charge < -0.3 is 9.88 Å². The molecule has 0 aliphatic carbocycles. The van der Waals surface area contributed by atoms with Crippen molar-refractivity contribution in [1.29, 1.82) is 0 Å². The van der Waals surface area contributed by atoms with Crippen molar-refractivity contribution in [3.8, 4) is 0 Å². The van der Waals surface area contributed by atoms with Crippen molar-refractivity contribution in [3.05, 3.63) is 47.9 Å². The van der Waals surface area contributed by atoms with Crippen molar-refractivity contribution in [2.24, 2.45) is 0 Å². The van der Waals surface area contributed by atoms with Gasteiger partial charge >= 0.3 is 0 Å². The molecule has 1 amide bonds. The molecule has 1 N–H and O–H groups in total. The molecule has 0 atom stereocenters. The number of imidazole rings is 1. The van der Waals surface area contributed by atoms with Crippen molar-refractivity contribution >= 4 is 32.8 Å². The summed E-state index contributed by atoms with van der Waals surface area (Å²) in [6.07, 6.45) is 2.87. The molecule has 0 unspecified atom stereocenters. The second-order valence-corrected chi connectivity index (χ2v) is 10.7. The smallest absolute Gasteiger partial charge is 0.243 e. The van der Waals surface area contributed by atoms with Gasteiger partial charge in [0.25, 0.3) is 0 Å². The first kappa shape index (κ1) is 24.3. The summed E-state index contributed by atoms with van der Waals surface area (Å²) in [5.74, 6) is 1.16. The summed E-state index contributed by atoms with van der Waals surface area (Å²) in [5.41, 5.74) is 2.37. The van der Waals surface area contributed by atoms with Crippen LogP contribution in [0.5, 0.6) is 0 Å². The van der Waals surface area contributed by atoms with E-state index in [0.29, 0.717) is 37.5 Å². The standard InChI is InChI=1S/C24H32N6O3S/c1-4-30-21-12-11-19(34(32,33)29-13-6-5-7-14-29)15-20(21)26-23(30)16-28(3)17-24(31)27-22-10-8-9-18(2)25-22/h8-12,15H,4-7,13-14,16-17H2,1-3H3,(H,25,27,31). The number of anilines is 1. The molecule has 34 heavy (non-hydrogen) atoms. The average molecular weight is 485 g/mol. The van der Waals surface area contributed by atoms with Crippen molar-refractivity contribution in [1.82, 2.24) is 23.7 Å². The summed E-state index contributed by atoms with van der Waals surface area (Å²) in [4.78, 5) is 23.7. The minimum absolute atomic E-state index is 0.158. The fraction of sp³-hybridized carbons (Fsp3) is 0.458. The number of carbonyl (C=O) groups is 1. The van der Waals surface area contributed by atoms with Gasteiger partial charge in [0.05, 0.1) is 29.0 Å². The van der Waals surface area contributed by atoms with E-state index in [2.05, 4.69) is 14.9 Å². The van der Waals surface area contributed by atoms with E-state index in [9.17, 15) is 13.2 Å². The minimum atomic E-state index is -3.52. The molecule has 0 radical (unpaired) electrons. The fourth-order valence-electron chi connectivity index (χ4n) is 4.39. The van der Waals surface area contributed by atoms with Gasteiger partial charge in [0.1, 0.15) is 11.6 Å². The highest BCUT2D eigenvalue weighted by Crippen LogP contribution is 2.25. The van der Waals surface area contributed by atoms with Crippen LogP contribution in [0, 0.1) is 6.92 Å². The van der Waals surface area contributed by atoms with Gasteiger partial charge in [-0.3, -0.25) is 9.69 Å². The average Bonchev–Trinajstić information content (AvgIpc) is 3.15. The zero-order valence-electron chi connectivity index (χ0n) is 20.0. The van der Waals surface area contributed by atoms with Crippen LogP contribution in [-0.2, 0) is 27.9 Å². The summed E-state index contributed by atoms with van der Waals surface area (Å²) in [6, 6.07) is 10.7. The number of aryl methyl sites for hydroxylation is 2. The van der Waals surface area contributed by atoms with Crippen LogP contribution < -0.4 is 5.32 Å². The van der Waals surface area contributed by atoms with Crippen molar-refractivity contribution in [2.45, 2.75) is 51.1 Å². The maximum absolute atomic E-state index is 13.1. The van der Waals surface area contributed by atoms with Crippen LogP contribution in [0.4, 0.5) is 5.82 Å². The lowest BCUT2D eigenvalue weighted by atomic mass is 10.2. The summed E-state index contributed by atoms with van der Waals surface area (Å²) in [5, 5.41) is 2.82. The molecule has 1 aliphatic heterocycles.